The SMILES string of the molecule is NNC(CCCC1CCCO1)c1ncn[nH]1. The minimum atomic E-state index is 0.0592. The molecule has 2 atom stereocenters. The van der Waals surface area contributed by atoms with E-state index >= 15 is 0 Å². The van der Waals surface area contributed by atoms with Crippen molar-refractivity contribution in [3.63, 3.8) is 0 Å². The third kappa shape index (κ3) is 3.01. The van der Waals surface area contributed by atoms with Gasteiger partial charge in [-0.3, -0.25) is 10.9 Å². The van der Waals surface area contributed by atoms with Crippen molar-refractivity contribution in [2.75, 3.05) is 6.61 Å². The third-order valence-corrected chi connectivity index (χ3v) is 3.01. The van der Waals surface area contributed by atoms with E-state index in [-0.39, 0.29) is 6.04 Å². The van der Waals surface area contributed by atoms with Crippen LogP contribution in [-0.2, 0) is 4.74 Å². The van der Waals surface area contributed by atoms with E-state index in [4.69, 9.17) is 10.6 Å². The third-order valence-electron chi connectivity index (χ3n) is 3.01. The smallest absolute Gasteiger partial charge is 0.142 e. The molecule has 16 heavy (non-hydrogen) atoms. The first-order chi connectivity index (χ1) is 7.90. The van der Waals surface area contributed by atoms with Crippen LogP contribution in [0.25, 0.3) is 0 Å². The van der Waals surface area contributed by atoms with E-state index in [0.717, 1.165) is 31.7 Å². The number of aromatic amines is 1. The summed E-state index contributed by atoms with van der Waals surface area (Å²) in [6, 6.07) is 0.0592. The van der Waals surface area contributed by atoms with Gasteiger partial charge in [0.1, 0.15) is 12.2 Å². The molecule has 0 spiro atoms. The second kappa shape index (κ2) is 5.93. The summed E-state index contributed by atoms with van der Waals surface area (Å²) >= 11 is 0. The molecule has 2 unspecified atom stereocenters. The molecule has 2 rings (SSSR count). The monoisotopic (exact) mass is 225 g/mol. The van der Waals surface area contributed by atoms with Crippen molar-refractivity contribution in [1.29, 1.82) is 0 Å². The molecule has 1 aromatic rings. The number of hydrogen-bond donors (Lipinski definition) is 3. The van der Waals surface area contributed by atoms with Crippen molar-refractivity contribution in [2.45, 2.75) is 44.2 Å². The fraction of sp³-hybridized carbons (Fsp3) is 0.800. The molecule has 4 N–H and O–H groups in total. The standard InChI is InChI=1S/C10H19N5O/c11-14-9(10-12-7-13-15-10)5-1-3-8-4-2-6-16-8/h7-9,14H,1-6,11H2,(H,12,13,15). The summed E-state index contributed by atoms with van der Waals surface area (Å²) in [6.45, 7) is 0.922. The van der Waals surface area contributed by atoms with Gasteiger partial charge in [0.05, 0.1) is 12.1 Å². The predicted octanol–water partition coefficient (Wildman–Crippen LogP) is 0.658. The van der Waals surface area contributed by atoms with Crippen molar-refractivity contribution in [1.82, 2.24) is 20.6 Å². The Bertz CT molecular complexity index is 283. The lowest BCUT2D eigenvalue weighted by atomic mass is 10.1. The summed E-state index contributed by atoms with van der Waals surface area (Å²) in [6.07, 6.45) is 7.49. The van der Waals surface area contributed by atoms with Crippen LogP contribution in [0.2, 0.25) is 0 Å². The highest BCUT2D eigenvalue weighted by molar-refractivity contribution is 4.90. The lowest BCUT2D eigenvalue weighted by molar-refractivity contribution is 0.101. The minimum Gasteiger partial charge on any atom is -0.378 e. The number of nitrogens with one attached hydrogen (secondary N) is 2. The Kier molecular flexibility index (Phi) is 4.26. The zero-order valence-corrected chi connectivity index (χ0v) is 9.35. The number of H-pyrrole nitrogens is 1. The second-order valence-electron chi connectivity index (χ2n) is 4.16. The summed E-state index contributed by atoms with van der Waals surface area (Å²) in [4.78, 5) is 4.10. The molecular formula is C10H19N5O. The van der Waals surface area contributed by atoms with Gasteiger partial charge in [0.2, 0.25) is 0 Å². The van der Waals surface area contributed by atoms with Gasteiger partial charge < -0.3 is 4.74 Å². The molecule has 6 heteroatoms. The van der Waals surface area contributed by atoms with Crippen molar-refractivity contribution in [3.8, 4) is 0 Å². The van der Waals surface area contributed by atoms with Crippen LogP contribution in [0.3, 0.4) is 0 Å². The maximum atomic E-state index is 5.57. The van der Waals surface area contributed by atoms with Gasteiger partial charge in [-0.1, -0.05) is 0 Å². The Hall–Kier alpha value is -0.980. The second-order valence-corrected chi connectivity index (χ2v) is 4.16. The van der Waals surface area contributed by atoms with Crippen LogP contribution in [-0.4, -0.2) is 27.9 Å². The normalized spacial score (nSPS) is 22.4. The van der Waals surface area contributed by atoms with Gasteiger partial charge in [-0.25, -0.2) is 10.4 Å². The highest BCUT2D eigenvalue weighted by atomic mass is 16.5. The van der Waals surface area contributed by atoms with Crippen molar-refractivity contribution in [2.24, 2.45) is 5.84 Å². The fourth-order valence-corrected chi connectivity index (χ4v) is 2.10. The van der Waals surface area contributed by atoms with Gasteiger partial charge >= 0.3 is 0 Å². The maximum absolute atomic E-state index is 5.57. The molecule has 1 aliphatic rings. The van der Waals surface area contributed by atoms with Crippen molar-refractivity contribution < 1.29 is 4.74 Å². The van der Waals surface area contributed by atoms with Crippen LogP contribution in [0.1, 0.15) is 44.0 Å². The summed E-state index contributed by atoms with van der Waals surface area (Å²) < 4.78 is 5.57. The summed E-state index contributed by atoms with van der Waals surface area (Å²) in [5.74, 6) is 6.29. The topological polar surface area (TPSA) is 88.8 Å². The number of aromatic nitrogens is 3. The molecule has 6 nitrogen and oxygen atoms in total. The fourth-order valence-electron chi connectivity index (χ4n) is 2.10. The number of hydrogen-bond acceptors (Lipinski definition) is 5. The highest BCUT2D eigenvalue weighted by Crippen LogP contribution is 2.20. The molecule has 0 bridgehead atoms. The van der Waals surface area contributed by atoms with Gasteiger partial charge in [-0.05, 0) is 32.1 Å². The molecule has 90 valence electrons. The molecule has 0 radical (unpaired) electrons. The van der Waals surface area contributed by atoms with Gasteiger partial charge in [0, 0.05) is 6.61 Å². The molecule has 0 aromatic carbocycles. The molecule has 1 aromatic heterocycles. The van der Waals surface area contributed by atoms with Crippen LogP contribution in [0.5, 0.6) is 0 Å². The minimum absolute atomic E-state index is 0.0592. The van der Waals surface area contributed by atoms with E-state index in [9.17, 15) is 0 Å². The number of ether oxygens (including phenoxy) is 1. The van der Waals surface area contributed by atoms with Crippen LogP contribution in [0.15, 0.2) is 6.33 Å². The number of nitrogens with zero attached hydrogens (tertiary/aromatic N) is 2. The van der Waals surface area contributed by atoms with Crippen LogP contribution >= 0.6 is 0 Å². The maximum Gasteiger partial charge on any atom is 0.142 e. The zero-order chi connectivity index (χ0) is 11.2. The van der Waals surface area contributed by atoms with Crippen LogP contribution < -0.4 is 11.3 Å². The molecule has 1 saturated heterocycles. The van der Waals surface area contributed by atoms with Crippen molar-refractivity contribution in [3.05, 3.63) is 12.2 Å². The quantitative estimate of drug-likeness (QED) is 0.489. The van der Waals surface area contributed by atoms with Gasteiger partial charge in [0.15, 0.2) is 0 Å². The first-order valence-corrected chi connectivity index (χ1v) is 5.83. The Morgan fingerprint density at radius 3 is 3.25 bits per heavy atom. The van der Waals surface area contributed by atoms with Gasteiger partial charge in [-0.2, -0.15) is 5.10 Å². The summed E-state index contributed by atoms with van der Waals surface area (Å²) in [5, 5.41) is 6.65. The highest BCUT2D eigenvalue weighted by Gasteiger charge is 2.17. The van der Waals surface area contributed by atoms with E-state index in [0.29, 0.717) is 6.10 Å². The summed E-state index contributed by atoms with van der Waals surface area (Å²) in [7, 11) is 0. The molecule has 0 amide bonds. The van der Waals surface area contributed by atoms with Crippen molar-refractivity contribution >= 4 is 0 Å². The Morgan fingerprint density at radius 2 is 2.62 bits per heavy atom. The first kappa shape index (κ1) is 11.5. The van der Waals surface area contributed by atoms with E-state index in [2.05, 4.69) is 20.6 Å². The van der Waals surface area contributed by atoms with E-state index in [1.807, 2.05) is 0 Å². The molecule has 0 saturated carbocycles. The van der Waals surface area contributed by atoms with E-state index in [1.165, 1.54) is 19.2 Å². The molecule has 0 aliphatic carbocycles. The summed E-state index contributed by atoms with van der Waals surface area (Å²) in [5.41, 5.74) is 2.76. The van der Waals surface area contributed by atoms with E-state index in [1.54, 1.807) is 0 Å². The lowest BCUT2D eigenvalue weighted by Gasteiger charge is -2.14. The average molecular weight is 225 g/mol. The van der Waals surface area contributed by atoms with Crippen LogP contribution in [0.4, 0.5) is 0 Å². The lowest BCUT2D eigenvalue weighted by Crippen LogP contribution is -2.29. The Morgan fingerprint density at radius 1 is 1.69 bits per heavy atom. The number of hydrazine groups is 1. The zero-order valence-electron chi connectivity index (χ0n) is 9.35. The molecule has 1 fully saturated rings. The largest absolute Gasteiger partial charge is 0.378 e. The van der Waals surface area contributed by atoms with E-state index < -0.39 is 0 Å². The molecule has 1 aliphatic heterocycles. The Labute approximate surface area is 94.9 Å². The molecule has 2 heterocycles. The Balaban J connectivity index is 1.71. The predicted molar refractivity (Wildman–Crippen MR) is 59.3 cm³/mol. The number of rotatable bonds is 6. The average Bonchev–Trinajstić information content (AvgIpc) is 2.96. The number of nitrogens with two attached hydrogens (primary N) is 1. The van der Waals surface area contributed by atoms with Gasteiger partial charge in [0.25, 0.3) is 0 Å². The van der Waals surface area contributed by atoms with Crippen LogP contribution in [0, 0.1) is 0 Å². The van der Waals surface area contributed by atoms with Gasteiger partial charge in [-0.15, -0.1) is 0 Å². The molecular weight excluding hydrogens is 206 g/mol. The first-order valence-electron chi connectivity index (χ1n) is 5.83.